The first-order valence-corrected chi connectivity index (χ1v) is 10.3. The average molecular weight is 370 g/mol. The molecule has 0 heterocycles. The molecule has 4 aliphatic rings. The molecule has 0 N–H and O–H groups in total. The second-order valence-electron chi connectivity index (χ2n) is 9.42. The average Bonchev–Trinajstić information content (AvgIpc) is 2.89. The number of hydrogen-bond donors (Lipinski definition) is 0. The zero-order valence-corrected chi connectivity index (χ0v) is 16.7. The molecular formula is C23H30O4. The first kappa shape index (κ1) is 18.6. The van der Waals surface area contributed by atoms with E-state index < -0.39 is 5.60 Å². The molecule has 27 heavy (non-hydrogen) atoms. The van der Waals surface area contributed by atoms with Crippen LogP contribution in [-0.2, 0) is 19.1 Å². The summed E-state index contributed by atoms with van der Waals surface area (Å²) in [5, 5.41) is 0. The highest BCUT2D eigenvalue weighted by molar-refractivity contribution is 5.92. The van der Waals surface area contributed by atoms with Crippen LogP contribution in [0.3, 0.4) is 0 Å². The van der Waals surface area contributed by atoms with Gasteiger partial charge in [0.05, 0.1) is 0 Å². The minimum atomic E-state index is -0.978. The maximum atomic E-state index is 12.7. The van der Waals surface area contributed by atoms with Crippen LogP contribution in [0.1, 0.15) is 65.7 Å². The summed E-state index contributed by atoms with van der Waals surface area (Å²) in [5.74, 6) is 1.65. The zero-order chi connectivity index (χ0) is 19.6. The van der Waals surface area contributed by atoms with Crippen molar-refractivity contribution < 1.29 is 19.1 Å². The van der Waals surface area contributed by atoms with Gasteiger partial charge in [0.1, 0.15) is 0 Å². The summed E-state index contributed by atoms with van der Waals surface area (Å²) in [6.07, 6.45) is 7.77. The van der Waals surface area contributed by atoms with Gasteiger partial charge in [0.25, 0.3) is 0 Å². The van der Waals surface area contributed by atoms with E-state index >= 15 is 0 Å². The largest absolute Gasteiger partial charge is 0.451 e. The number of ketones is 2. The lowest BCUT2D eigenvalue weighted by Crippen LogP contribution is -2.57. The van der Waals surface area contributed by atoms with Gasteiger partial charge in [-0.1, -0.05) is 19.1 Å². The van der Waals surface area contributed by atoms with Crippen molar-refractivity contribution in [2.45, 2.75) is 71.3 Å². The van der Waals surface area contributed by atoms with E-state index in [1.54, 1.807) is 6.92 Å². The molecule has 4 rings (SSSR count). The molecule has 0 aromatic carbocycles. The van der Waals surface area contributed by atoms with Gasteiger partial charge in [-0.25, -0.2) is 0 Å². The number of carbonyl (C=O) groups is 3. The van der Waals surface area contributed by atoms with Gasteiger partial charge in [-0.2, -0.15) is 0 Å². The fourth-order valence-electron chi connectivity index (χ4n) is 7.19. The Balaban J connectivity index is 1.70. The van der Waals surface area contributed by atoms with Crippen LogP contribution in [0.4, 0.5) is 0 Å². The van der Waals surface area contributed by atoms with E-state index in [1.807, 2.05) is 6.08 Å². The van der Waals surface area contributed by atoms with Crippen molar-refractivity contribution in [2.75, 3.05) is 0 Å². The number of esters is 1. The van der Waals surface area contributed by atoms with Crippen LogP contribution in [0.15, 0.2) is 23.8 Å². The van der Waals surface area contributed by atoms with Gasteiger partial charge in [-0.3, -0.25) is 14.4 Å². The monoisotopic (exact) mass is 370 g/mol. The molecule has 4 heteroatoms. The van der Waals surface area contributed by atoms with Gasteiger partial charge in [0.15, 0.2) is 17.2 Å². The molecule has 4 aliphatic carbocycles. The lowest BCUT2D eigenvalue weighted by atomic mass is 9.49. The molecule has 4 nitrogen and oxygen atoms in total. The van der Waals surface area contributed by atoms with E-state index in [9.17, 15) is 14.4 Å². The fraction of sp³-hybridized carbons (Fsp3) is 0.696. The van der Waals surface area contributed by atoms with Gasteiger partial charge < -0.3 is 4.74 Å². The highest BCUT2D eigenvalue weighted by atomic mass is 16.6. The Hall–Kier alpha value is -1.71. The number of Topliss-reactive ketones (excluding diaryl/α,β-unsaturated/α-hetero) is 1. The summed E-state index contributed by atoms with van der Waals surface area (Å²) in [7, 11) is 0. The molecule has 0 saturated heterocycles. The summed E-state index contributed by atoms with van der Waals surface area (Å²) in [6, 6.07) is 0. The number of carbonyl (C=O) groups excluding carboxylic acids is 3. The van der Waals surface area contributed by atoms with Crippen molar-refractivity contribution in [1.82, 2.24) is 0 Å². The molecular weight excluding hydrogens is 340 g/mol. The van der Waals surface area contributed by atoms with Crippen molar-refractivity contribution in [3.8, 4) is 0 Å². The molecule has 0 radical (unpaired) electrons. The zero-order valence-electron chi connectivity index (χ0n) is 16.7. The molecule has 3 fully saturated rings. The van der Waals surface area contributed by atoms with E-state index in [2.05, 4.69) is 13.5 Å². The third-order valence-electron chi connectivity index (χ3n) is 8.32. The number of allylic oxidation sites excluding steroid dienone is 2. The molecule has 3 saturated carbocycles. The molecule has 0 aliphatic heterocycles. The second-order valence-corrected chi connectivity index (χ2v) is 9.42. The van der Waals surface area contributed by atoms with E-state index in [4.69, 9.17) is 4.74 Å². The van der Waals surface area contributed by atoms with E-state index in [-0.39, 0.29) is 23.0 Å². The molecule has 0 aromatic heterocycles. The Bertz CT molecular complexity index is 762. The number of rotatable bonds is 2. The van der Waals surface area contributed by atoms with Crippen LogP contribution in [0.25, 0.3) is 0 Å². The van der Waals surface area contributed by atoms with E-state index in [0.29, 0.717) is 36.5 Å². The summed E-state index contributed by atoms with van der Waals surface area (Å²) < 4.78 is 5.79. The molecule has 6 atom stereocenters. The molecule has 0 aromatic rings. The SMILES string of the molecule is C=C1C[C@@H]2[C@H](CC[C@@]3(C)[C@H]2CC[C@]3(OC(C)=O)C(C)=O)[C@@H]2CCC(=O)C=C12. The number of hydrogen-bond acceptors (Lipinski definition) is 4. The molecule has 0 amide bonds. The van der Waals surface area contributed by atoms with Crippen molar-refractivity contribution in [3.63, 3.8) is 0 Å². The summed E-state index contributed by atoms with van der Waals surface area (Å²) in [5.41, 5.74) is 1.00. The Morgan fingerprint density at radius 1 is 1.15 bits per heavy atom. The van der Waals surface area contributed by atoms with Crippen LogP contribution in [-0.4, -0.2) is 23.1 Å². The first-order valence-electron chi connectivity index (χ1n) is 10.3. The first-order chi connectivity index (χ1) is 12.7. The van der Waals surface area contributed by atoms with E-state index in [0.717, 1.165) is 37.7 Å². The predicted octanol–water partition coefficient (Wildman–Crippen LogP) is 4.19. The fourth-order valence-corrected chi connectivity index (χ4v) is 7.19. The van der Waals surface area contributed by atoms with Crippen LogP contribution in [0, 0.1) is 29.1 Å². The van der Waals surface area contributed by atoms with Crippen LogP contribution in [0.5, 0.6) is 0 Å². The third-order valence-corrected chi connectivity index (χ3v) is 8.32. The van der Waals surface area contributed by atoms with E-state index in [1.165, 1.54) is 12.5 Å². The summed E-state index contributed by atoms with van der Waals surface area (Å²) in [6.45, 7) is 9.47. The van der Waals surface area contributed by atoms with Crippen molar-refractivity contribution in [1.29, 1.82) is 0 Å². The highest BCUT2D eigenvalue weighted by Gasteiger charge is 2.66. The molecule has 146 valence electrons. The van der Waals surface area contributed by atoms with Crippen molar-refractivity contribution >= 4 is 17.5 Å². The van der Waals surface area contributed by atoms with Crippen molar-refractivity contribution in [3.05, 3.63) is 23.8 Å². The van der Waals surface area contributed by atoms with Gasteiger partial charge in [0, 0.05) is 18.8 Å². The third kappa shape index (κ3) is 2.51. The summed E-state index contributed by atoms with van der Waals surface area (Å²) >= 11 is 0. The van der Waals surface area contributed by atoms with Crippen molar-refractivity contribution in [2.24, 2.45) is 29.1 Å². The smallest absolute Gasteiger partial charge is 0.303 e. The maximum absolute atomic E-state index is 12.7. The van der Waals surface area contributed by atoms with Crippen LogP contribution < -0.4 is 0 Å². The molecule has 0 bridgehead atoms. The normalized spacial score (nSPS) is 43.3. The number of fused-ring (bicyclic) bond motifs is 5. The lowest BCUT2D eigenvalue weighted by molar-refractivity contribution is -0.185. The Kier molecular flexibility index (Phi) is 4.25. The van der Waals surface area contributed by atoms with Crippen LogP contribution in [0.2, 0.25) is 0 Å². The topological polar surface area (TPSA) is 60.4 Å². The highest BCUT2D eigenvalue weighted by Crippen LogP contribution is 2.66. The quantitative estimate of drug-likeness (QED) is 0.684. The van der Waals surface area contributed by atoms with Gasteiger partial charge >= 0.3 is 5.97 Å². The summed E-state index contributed by atoms with van der Waals surface area (Å²) in [4.78, 5) is 36.5. The van der Waals surface area contributed by atoms with Gasteiger partial charge in [-0.15, -0.1) is 0 Å². The van der Waals surface area contributed by atoms with Gasteiger partial charge in [-0.05, 0) is 80.8 Å². The Labute approximate surface area is 161 Å². The minimum absolute atomic E-state index is 0.0142. The Morgan fingerprint density at radius 3 is 2.56 bits per heavy atom. The molecule has 0 spiro atoms. The second kappa shape index (κ2) is 6.15. The lowest BCUT2D eigenvalue weighted by Gasteiger charge is -2.56. The van der Waals surface area contributed by atoms with Gasteiger partial charge in [0.2, 0.25) is 0 Å². The minimum Gasteiger partial charge on any atom is -0.451 e. The predicted molar refractivity (Wildman–Crippen MR) is 102 cm³/mol. The molecule has 0 unspecified atom stereocenters. The Morgan fingerprint density at radius 2 is 1.89 bits per heavy atom. The number of ether oxygens (including phenoxy) is 1. The standard InChI is InChI=1S/C23H30O4/c1-13-11-20-18(17-6-5-16(26)12-19(13)17)7-9-22(4)21(20)8-10-23(22,14(2)24)27-15(3)25/h12,17-18,20-21H,1,5-11H2,2-4H3/t17-,18+,20+,21-,22-,23-/m0/s1. The van der Waals surface area contributed by atoms with Crippen LogP contribution >= 0.6 is 0 Å². The maximum Gasteiger partial charge on any atom is 0.303 e.